The summed E-state index contributed by atoms with van der Waals surface area (Å²) in [5.74, 6) is 1.27. The molecule has 1 amide bonds. The van der Waals surface area contributed by atoms with E-state index in [-0.39, 0.29) is 11.9 Å². The third kappa shape index (κ3) is 4.03. The second-order valence-electron chi connectivity index (χ2n) is 7.61. The van der Waals surface area contributed by atoms with Crippen LogP contribution < -0.4 is 5.32 Å². The van der Waals surface area contributed by atoms with Gasteiger partial charge >= 0.3 is 0 Å². The summed E-state index contributed by atoms with van der Waals surface area (Å²) in [6.07, 6.45) is 4.00. The van der Waals surface area contributed by atoms with Crippen LogP contribution in [-0.4, -0.2) is 30.6 Å². The first-order chi connectivity index (χ1) is 14.0. The molecule has 4 aromatic rings. The smallest absolute Gasteiger partial charge is 0.254 e. The van der Waals surface area contributed by atoms with Gasteiger partial charge in [0.05, 0.1) is 22.8 Å². The van der Waals surface area contributed by atoms with E-state index in [1.54, 1.807) is 11.0 Å². The van der Waals surface area contributed by atoms with E-state index < -0.39 is 0 Å². The van der Waals surface area contributed by atoms with Crippen molar-refractivity contribution in [3.63, 3.8) is 0 Å². The number of carbonyl (C=O) groups is 1. The van der Waals surface area contributed by atoms with Gasteiger partial charge in [-0.2, -0.15) is 5.10 Å². The summed E-state index contributed by atoms with van der Waals surface area (Å²) in [6.45, 7) is 6.27. The number of imidazole rings is 1. The predicted octanol–water partition coefficient (Wildman–Crippen LogP) is 3.83. The fraction of sp³-hybridized carbons (Fsp3) is 0.273. The van der Waals surface area contributed by atoms with Crippen molar-refractivity contribution in [2.75, 3.05) is 0 Å². The van der Waals surface area contributed by atoms with E-state index in [0.717, 1.165) is 34.5 Å². The van der Waals surface area contributed by atoms with Gasteiger partial charge in [-0.15, -0.1) is 0 Å². The molecule has 0 saturated carbocycles. The lowest BCUT2D eigenvalue weighted by molar-refractivity contribution is 0.0941. The van der Waals surface area contributed by atoms with Crippen LogP contribution in [0.3, 0.4) is 0 Å². The number of rotatable bonds is 6. The van der Waals surface area contributed by atoms with Gasteiger partial charge in [0, 0.05) is 6.42 Å². The van der Waals surface area contributed by atoms with Crippen LogP contribution in [0.1, 0.15) is 48.6 Å². The normalized spacial score (nSPS) is 12.4. The summed E-state index contributed by atoms with van der Waals surface area (Å²) in [6, 6.07) is 13.4. The Bertz CT molecular complexity index is 1110. The Hall–Kier alpha value is -3.48. The van der Waals surface area contributed by atoms with E-state index in [0.29, 0.717) is 11.5 Å². The molecule has 0 aliphatic rings. The van der Waals surface area contributed by atoms with Gasteiger partial charge in [0.2, 0.25) is 0 Å². The Morgan fingerprint density at radius 1 is 1.14 bits per heavy atom. The number of benzene rings is 2. The van der Waals surface area contributed by atoms with Crippen molar-refractivity contribution in [2.45, 2.75) is 33.2 Å². The molecule has 0 fully saturated rings. The van der Waals surface area contributed by atoms with Crippen LogP contribution in [0.15, 0.2) is 55.1 Å². The molecular weight excluding hydrogens is 364 g/mol. The Morgan fingerprint density at radius 2 is 1.93 bits per heavy atom. The molecule has 0 saturated heterocycles. The maximum absolute atomic E-state index is 12.9. The first-order valence-corrected chi connectivity index (χ1v) is 9.74. The number of aromatic amines is 1. The Labute approximate surface area is 169 Å². The lowest BCUT2D eigenvalue weighted by Crippen LogP contribution is -2.26. The van der Waals surface area contributed by atoms with E-state index >= 15 is 0 Å². The fourth-order valence-electron chi connectivity index (χ4n) is 3.36. The fourth-order valence-corrected chi connectivity index (χ4v) is 3.36. The second-order valence-corrected chi connectivity index (χ2v) is 7.61. The number of fused-ring (bicyclic) bond motifs is 1. The summed E-state index contributed by atoms with van der Waals surface area (Å²) in [5.41, 5.74) is 4.12. The van der Waals surface area contributed by atoms with Gasteiger partial charge in [0.15, 0.2) is 0 Å². The number of nitrogens with zero attached hydrogens (tertiary/aromatic N) is 4. The largest absolute Gasteiger partial charge is 0.345 e. The van der Waals surface area contributed by atoms with E-state index in [2.05, 4.69) is 39.2 Å². The van der Waals surface area contributed by atoms with Gasteiger partial charge in [-0.25, -0.2) is 14.6 Å². The molecule has 2 heterocycles. The summed E-state index contributed by atoms with van der Waals surface area (Å²) in [5, 5.41) is 7.20. The molecule has 0 aliphatic heterocycles. The van der Waals surface area contributed by atoms with Crippen molar-refractivity contribution >= 4 is 16.9 Å². The summed E-state index contributed by atoms with van der Waals surface area (Å²) in [7, 11) is 0. The molecular formula is C22H24N6O. The van der Waals surface area contributed by atoms with Crippen molar-refractivity contribution < 1.29 is 4.79 Å². The highest BCUT2D eigenvalue weighted by atomic mass is 16.1. The summed E-state index contributed by atoms with van der Waals surface area (Å²) >= 11 is 0. The second kappa shape index (κ2) is 7.87. The molecule has 4 rings (SSSR count). The Balaban J connectivity index is 1.52. The van der Waals surface area contributed by atoms with Crippen LogP contribution in [0, 0.1) is 5.92 Å². The molecule has 7 nitrogen and oxygen atoms in total. The van der Waals surface area contributed by atoms with Gasteiger partial charge in [-0.05, 0) is 42.7 Å². The number of carbonyl (C=O) groups excluding carboxylic acids is 1. The van der Waals surface area contributed by atoms with Gasteiger partial charge in [-0.1, -0.05) is 32.0 Å². The minimum atomic E-state index is -0.142. The van der Waals surface area contributed by atoms with Gasteiger partial charge in [0.25, 0.3) is 5.91 Å². The third-order valence-electron chi connectivity index (χ3n) is 4.83. The zero-order valence-corrected chi connectivity index (χ0v) is 16.8. The average Bonchev–Trinajstić information content (AvgIpc) is 3.36. The molecule has 0 aliphatic carbocycles. The molecule has 148 valence electrons. The number of amides is 1. The van der Waals surface area contributed by atoms with E-state index in [1.165, 1.54) is 6.33 Å². The van der Waals surface area contributed by atoms with Crippen LogP contribution in [0.25, 0.3) is 16.7 Å². The number of nitrogens with one attached hydrogen (secondary N) is 2. The van der Waals surface area contributed by atoms with Crippen molar-refractivity contribution in [1.29, 1.82) is 0 Å². The van der Waals surface area contributed by atoms with Crippen LogP contribution in [0.4, 0.5) is 0 Å². The van der Waals surface area contributed by atoms with Crippen molar-refractivity contribution in [3.05, 3.63) is 72.1 Å². The van der Waals surface area contributed by atoms with Crippen LogP contribution in [-0.2, 0) is 6.42 Å². The molecule has 0 spiro atoms. The maximum atomic E-state index is 12.9. The summed E-state index contributed by atoms with van der Waals surface area (Å²) < 4.78 is 1.69. The minimum absolute atomic E-state index is 0.133. The molecule has 29 heavy (non-hydrogen) atoms. The zero-order valence-electron chi connectivity index (χ0n) is 16.8. The molecule has 2 aromatic carbocycles. The molecule has 0 radical (unpaired) electrons. The topological polar surface area (TPSA) is 88.5 Å². The van der Waals surface area contributed by atoms with Gasteiger partial charge in [0.1, 0.15) is 24.0 Å². The SMILES string of the molecule is CC(C)Cc1nc2c(C(=O)NC(C)c3ccc(-n4cncn4)cc3)cccc2[nH]1. The highest BCUT2D eigenvalue weighted by molar-refractivity contribution is 6.05. The quantitative estimate of drug-likeness (QED) is 0.525. The lowest BCUT2D eigenvalue weighted by atomic mass is 10.1. The van der Waals surface area contributed by atoms with Crippen molar-refractivity contribution in [2.24, 2.45) is 5.92 Å². The number of para-hydroxylation sites is 1. The number of aromatic nitrogens is 5. The van der Waals surface area contributed by atoms with Crippen LogP contribution in [0.5, 0.6) is 0 Å². The average molecular weight is 388 g/mol. The highest BCUT2D eigenvalue weighted by Crippen LogP contribution is 2.20. The first-order valence-electron chi connectivity index (χ1n) is 9.74. The van der Waals surface area contributed by atoms with Gasteiger partial charge < -0.3 is 10.3 Å². The lowest BCUT2D eigenvalue weighted by Gasteiger charge is -2.15. The highest BCUT2D eigenvalue weighted by Gasteiger charge is 2.17. The molecule has 2 N–H and O–H groups in total. The molecule has 7 heteroatoms. The zero-order chi connectivity index (χ0) is 20.4. The number of H-pyrrole nitrogens is 1. The number of hydrogen-bond donors (Lipinski definition) is 2. The van der Waals surface area contributed by atoms with Crippen LogP contribution in [0.2, 0.25) is 0 Å². The van der Waals surface area contributed by atoms with Crippen LogP contribution >= 0.6 is 0 Å². The number of hydrogen-bond acceptors (Lipinski definition) is 4. The Kier molecular flexibility index (Phi) is 5.12. The van der Waals surface area contributed by atoms with Crippen molar-refractivity contribution in [3.8, 4) is 5.69 Å². The predicted molar refractivity (Wildman–Crippen MR) is 112 cm³/mol. The molecule has 1 atom stereocenters. The molecule has 1 unspecified atom stereocenters. The standard InChI is InChI=1S/C22H24N6O/c1-14(2)11-20-26-19-6-4-5-18(21(19)27-20)22(29)25-15(3)16-7-9-17(10-8-16)28-13-23-12-24-28/h4-10,12-15H,11H2,1-3H3,(H,25,29)(H,26,27). The maximum Gasteiger partial charge on any atom is 0.254 e. The Morgan fingerprint density at radius 3 is 2.62 bits per heavy atom. The van der Waals surface area contributed by atoms with Gasteiger partial charge in [-0.3, -0.25) is 4.79 Å². The minimum Gasteiger partial charge on any atom is -0.345 e. The summed E-state index contributed by atoms with van der Waals surface area (Å²) in [4.78, 5) is 24.9. The third-order valence-corrected chi connectivity index (χ3v) is 4.83. The monoisotopic (exact) mass is 388 g/mol. The van der Waals surface area contributed by atoms with E-state index in [4.69, 9.17) is 0 Å². The molecule has 0 bridgehead atoms. The van der Waals surface area contributed by atoms with Crippen molar-refractivity contribution in [1.82, 2.24) is 30.0 Å². The first kappa shape index (κ1) is 18.9. The van der Waals surface area contributed by atoms with E-state index in [1.807, 2.05) is 49.4 Å². The van der Waals surface area contributed by atoms with E-state index in [9.17, 15) is 4.79 Å². The molecule has 2 aromatic heterocycles.